The Balaban J connectivity index is 1.38. The molecule has 2 fully saturated rings. The molecule has 1 saturated heterocycles. The van der Waals surface area contributed by atoms with Gasteiger partial charge in [-0.2, -0.15) is 9.40 Å². The Morgan fingerprint density at radius 3 is 2.77 bits per heavy atom. The van der Waals surface area contributed by atoms with E-state index in [-0.39, 0.29) is 23.7 Å². The number of nitrogens with zero attached hydrogens (tertiary/aromatic N) is 4. The number of carbonyl (C=O) groups excluding carboxylic acids is 1. The van der Waals surface area contributed by atoms with Crippen LogP contribution in [-0.2, 0) is 21.9 Å². The summed E-state index contributed by atoms with van der Waals surface area (Å²) in [5.74, 6) is 0.452. The SMILES string of the molecule is Cn1cc(-c2ccc3c(c2)NC(=O)CN2CCN(S(=O)(=O)C4CC4)C[C@H]2CO3)cn1. The maximum atomic E-state index is 12.7. The minimum atomic E-state index is -3.24. The summed E-state index contributed by atoms with van der Waals surface area (Å²) in [6, 6.07) is 5.50. The van der Waals surface area contributed by atoms with Crippen LogP contribution < -0.4 is 10.1 Å². The molecule has 0 spiro atoms. The minimum absolute atomic E-state index is 0.131. The van der Waals surface area contributed by atoms with Crippen LogP contribution in [0, 0.1) is 0 Å². The molecule has 9 nitrogen and oxygen atoms in total. The number of fused-ring (bicyclic) bond motifs is 2. The average Bonchev–Trinajstić information content (AvgIpc) is 3.48. The van der Waals surface area contributed by atoms with Crippen LogP contribution in [0.1, 0.15) is 12.8 Å². The molecule has 1 N–H and O–H groups in total. The molecule has 1 atom stereocenters. The van der Waals surface area contributed by atoms with Gasteiger partial charge in [-0.05, 0) is 30.5 Å². The summed E-state index contributed by atoms with van der Waals surface area (Å²) in [5.41, 5.74) is 2.50. The number of ether oxygens (including phenoxy) is 1. The molecule has 1 aromatic carbocycles. The lowest BCUT2D eigenvalue weighted by Gasteiger charge is -2.39. The van der Waals surface area contributed by atoms with Gasteiger partial charge in [0.1, 0.15) is 12.4 Å². The zero-order valence-corrected chi connectivity index (χ0v) is 17.6. The van der Waals surface area contributed by atoms with E-state index in [0.29, 0.717) is 37.7 Å². The summed E-state index contributed by atoms with van der Waals surface area (Å²) in [7, 11) is -1.38. The van der Waals surface area contributed by atoms with Gasteiger partial charge in [0.15, 0.2) is 0 Å². The standard InChI is InChI=1S/C20H25N5O4S/c1-23-10-15(9-21-23)14-2-5-19-18(8-14)22-20(26)12-24-6-7-25(11-16(24)13-29-19)30(27,28)17-3-4-17/h2,5,8-10,16-17H,3-4,6-7,11-13H2,1H3,(H,22,26)/t16-/m0/s1. The topological polar surface area (TPSA) is 96.8 Å². The normalized spacial score (nSPS) is 23.4. The van der Waals surface area contributed by atoms with Gasteiger partial charge in [0.05, 0.1) is 29.7 Å². The van der Waals surface area contributed by atoms with Gasteiger partial charge in [0.2, 0.25) is 15.9 Å². The molecule has 160 valence electrons. The van der Waals surface area contributed by atoms with Crippen LogP contribution in [0.15, 0.2) is 30.6 Å². The van der Waals surface area contributed by atoms with E-state index in [4.69, 9.17) is 4.74 Å². The molecule has 3 aliphatic rings. The number of benzene rings is 1. The third kappa shape index (κ3) is 3.70. The third-order valence-electron chi connectivity index (χ3n) is 5.94. The second-order valence-electron chi connectivity index (χ2n) is 8.20. The molecule has 0 unspecified atom stereocenters. The number of carbonyl (C=O) groups is 1. The van der Waals surface area contributed by atoms with Crippen molar-refractivity contribution in [2.45, 2.75) is 24.1 Å². The molecule has 5 rings (SSSR count). The number of anilines is 1. The third-order valence-corrected chi connectivity index (χ3v) is 8.31. The van der Waals surface area contributed by atoms with Gasteiger partial charge in [0.25, 0.3) is 0 Å². The van der Waals surface area contributed by atoms with Crippen molar-refractivity contribution < 1.29 is 17.9 Å². The van der Waals surface area contributed by atoms with Gasteiger partial charge in [0, 0.05) is 38.4 Å². The summed E-state index contributed by atoms with van der Waals surface area (Å²) in [6.45, 7) is 1.83. The van der Waals surface area contributed by atoms with Crippen molar-refractivity contribution in [1.82, 2.24) is 19.0 Å². The molecule has 2 aliphatic heterocycles. The van der Waals surface area contributed by atoms with E-state index in [1.54, 1.807) is 15.2 Å². The van der Waals surface area contributed by atoms with Crippen LogP contribution in [0.4, 0.5) is 5.69 Å². The predicted molar refractivity (Wildman–Crippen MR) is 112 cm³/mol. The van der Waals surface area contributed by atoms with E-state index in [2.05, 4.69) is 10.4 Å². The number of piperazine rings is 1. The molecule has 1 aromatic heterocycles. The van der Waals surface area contributed by atoms with Crippen LogP contribution in [0.5, 0.6) is 5.75 Å². The Labute approximate surface area is 175 Å². The zero-order valence-electron chi connectivity index (χ0n) is 16.8. The lowest BCUT2D eigenvalue weighted by atomic mass is 10.1. The molecular formula is C20H25N5O4S. The first-order valence-corrected chi connectivity index (χ1v) is 11.7. The van der Waals surface area contributed by atoms with Crippen molar-refractivity contribution in [2.24, 2.45) is 7.05 Å². The number of aryl methyl sites for hydroxylation is 1. The first-order chi connectivity index (χ1) is 14.4. The quantitative estimate of drug-likeness (QED) is 0.776. The van der Waals surface area contributed by atoms with Gasteiger partial charge in [-0.15, -0.1) is 0 Å². The molecule has 1 aliphatic carbocycles. The fraction of sp³-hybridized carbons (Fsp3) is 0.500. The highest BCUT2D eigenvalue weighted by Gasteiger charge is 2.43. The van der Waals surface area contributed by atoms with Crippen molar-refractivity contribution in [3.05, 3.63) is 30.6 Å². The van der Waals surface area contributed by atoms with E-state index in [1.165, 1.54) is 0 Å². The van der Waals surface area contributed by atoms with Gasteiger partial charge in [-0.1, -0.05) is 6.07 Å². The maximum absolute atomic E-state index is 12.7. The fourth-order valence-corrected chi connectivity index (χ4v) is 5.97. The molecule has 0 radical (unpaired) electrons. The maximum Gasteiger partial charge on any atom is 0.238 e. The van der Waals surface area contributed by atoms with Crippen LogP contribution in [-0.4, -0.2) is 77.4 Å². The van der Waals surface area contributed by atoms with Gasteiger partial charge < -0.3 is 10.1 Å². The Bertz CT molecular complexity index is 1080. The molecule has 30 heavy (non-hydrogen) atoms. The number of rotatable bonds is 3. The van der Waals surface area contributed by atoms with Crippen molar-refractivity contribution in [1.29, 1.82) is 0 Å². The van der Waals surface area contributed by atoms with Crippen molar-refractivity contribution in [2.75, 3.05) is 38.1 Å². The Morgan fingerprint density at radius 2 is 2.03 bits per heavy atom. The summed E-state index contributed by atoms with van der Waals surface area (Å²) < 4.78 is 34.7. The average molecular weight is 432 g/mol. The number of hydrogen-bond donors (Lipinski definition) is 1. The fourth-order valence-electron chi connectivity index (χ4n) is 4.10. The second kappa shape index (κ2) is 7.36. The largest absolute Gasteiger partial charge is 0.490 e. The van der Waals surface area contributed by atoms with Crippen molar-refractivity contribution >= 4 is 21.6 Å². The lowest BCUT2D eigenvalue weighted by Crippen LogP contribution is -2.58. The second-order valence-corrected chi connectivity index (χ2v) is 10.4. The minimum Gasteiger partial charge on any atom is -0.490 e. The molecule has 1 amide bonds. The summed E-state index contributed by atoms with van der Waals surface area (Å²) in [5, 5.41) is 6.93. The summed E-state index contributed by atoms with van der Waals surface area (Å²) in [4.78, 5) is 14.7. The molecule has 0 bridgehead atoms. The number of sulfonamides is 1. The van der Waals surface area contributed by atoms with Crippen molar-refractivity contribution in [3.8, 4) is 16.9 Å². The lowest BCUT2D eigenvalue weighted by molar-refractivity contribution is -0.118. The molecular weight excluding hydrogens is 406 g/mol. The molecule has 2 aromatic rings. The molecule has 3 heterocycles. The summed E-state index contributed by atoms with van der Waals surface area (Å²) in [6.07, 6.45) is 5.18. The van der Waals surface area contributed by atoms with E-state index in [0.717, 1.165) is 24.0 Å². The first-order valence-electron chi connectivity index (χ1n) is 10.2. The van der Waals surface area contributed by atoms with Crippen LogP contribution in [0.3, 0.4) is 0 Å². The number of hydrogen-bond acceptors (Lipinski definition) is 6. The first kappa shape index (κ1) is 19.5. The number of aromatic nitrogens is 2. The van der Waals surface area contributed by atoms with E-state index < -0.39 is 10.0 Å². The zero-order chi connectivity index (χ0) is 20.9. The van der Waals surface area contributed by atoms with Crippen molar-refractivity contribution in [3.63, 3.8) is 0 Å². The van der Waals surface area contributed by atoms with Gasteiger partial charge in [-0.3, -0.25) is 14.4 Å². The Hall–Kier alpha value is -2.43. The number of amides is 1. The Morgan fingerprint density at radius 1 is 1.20 bits per heavy atom. The predicted octanol–water partition coefficient (Wildman–Crippen LogP) is 0.896. The van der Waals surface area contributed by atoms with Crippen LogP contribution >= 0.6 is 0 Å². The van der Waals surface area contributed by atoms with E-state index in [9.17, 15) is 13.2 Å². The molecule has 1 saturated carbocycles. The smallest absolute Gasteiger partial charge is 0.238 e. The Kier molecular flexibility index (Phi) is 4.79. The highest BCUT2D eigenvalue weighted by Crippen LogP contribution is 2.34. The van der Waals surface area contributed by atoms with Crippen LogP contribution in [0.25, 0.3) is 11.1 Å². The highest BCUT2D eigenvalue weighted by atomic mass is 32.2. The van der Waals surface area contributed by atoms with E-state index >= 15 is 0 Å². The molecule has 10 heteroatoms. The monoisotopic (exact) mass is 431 g/mol. The van der Waals surface area contributed by atoms with Crippen LogP contribution in [0.2, 0.25) is 0 Å². The highest BCUT2D eigenvalue weighted by molar-refractivity contribution is 7.90. The van der Waals surface area contributed by atoms with Gasteiger partial charge >= 0.3 is 0 Å². The summed E-state index contributed by atoms with van der Waals surface area (Å²) >= 11 is 0. The number of nitrogens with one attached hydrogen (secondary N) is 1. The van der Waals surface area contributed by atoms with Gasteiger partial charge in [-0.25, -0.2) is 8.42 Å². The van der Waals surface area contributed by atoms with E-state index in [1.807, 2.05) is 36.3 Å².